The number of hydrogen-bond acceptors (Lipinski definition) is 4. The summed E-state index contributed by atoms with van der Waals surface area (Å²) in [5.74, 6) is 0. The first-order valence-electron chi connectivity index (χ1n) is 8.37. The van der Waals surface area contributed by atoms with Crippen LogP contribution >= 0.6 is 0 Å². The summed E-state index contributed by atoms with van der Waals surface area (Å²) in [5.41, 5.74) is 2.61. The number of imidazole rings is 1. The van der Waals surface area contributed by atoms with Crippen LogP contribution in [0.15, 0.2) is 42.9 Å². The molecule has 1 aliphatic heterocycles. The Morgan fingerprint density at radius 3 is 2.78 bits per heavy atom. The molecule has 5 nitrogen and oxygen atoms in total. The third-order valence-corrected chi connectivity index (χ3v) is 4.43. The van der Waals surface area contributed by atoms with E-state index >= 15 is 0 Å². The molecule has 0 amide bonds. The summed E-state index contributed by atoms with van der Waals surface area (Å²) in [6.07, 6.45) is 5.08. The van der Waals surface area contributed by atoms with Gasteiger partial charge in [-0.15, -0.1) is 0 Å². The summed E-state index contributed by atoms with van der Waals surface area (Å²) in [6.45, 7) is 7.00. The van der Waals surface area contributed by atoms with Crippen molar-refractivity contribution >= 4 is 5.69 Å². The number of nitrogens with zero attached hydrogens (tertiary/aromatic N) is 4. The number of benzene rings is 1. The molecule has 2 aromatic rings. The zero-order chi connectivity index (χ0) is 15.9. The van der Waals surface area contributed by atoms with Crippen LogP contribution in [-0.2, 0) is 17.8 Å². The Bertz CT molecular complexity index is 584. The van der Waals surface area contributed by atoms with Gasteiger partial charge in [-0.1, -0.05) is 18.2 Å². The van der Waals surface area contributed by atoms with Crippen molar-refractivity contribution in [3.63, 3.8) is 0 Å². The quantitative estimate of drug-likeness (QED) is 0.819. The van der Waals surface area contributed by atoms with Crippen molar-refractivity contribution in [1.29, 1.82) is 0 Å². The number of anilines is 1. The highest BCUT2D eigenvalue weighted by Crippen LogP contribution is 2.16. The van der Waals surface area contributed by atoms with Gasteiger partial charge in [0.15, 0.2) is 0 Å². The van der Waals surface area contributed by atoms with Crippen LogP contribution in [-0.4, -0.2) is 54.3 Å². The summed E-state index contributed by atoms with van der Waals surface area (Å²) in [5, 5.41) is 0. The van der Waals surface area contributed by atoms with Crippen molar-refractivity contribution in [2.75, 3.05) is 44.8 Å². The molecule has 124 valence electrons. The third kappa shape index (κ3) is 4.33. The lowest BCUT2D eigenvalue weighted by atomic mass is 10.3. The number of rotatable bonds is 6. The number of ether oxygens (including phenoxy) is 1. The molecule has 3 rings (SSSR count). The van der Waals surface area contributed by atoms with Crippen molar-refractivity contribution in [2.45, 2.75) is 19.5 Å². The largest absolute Gasteiger partial charge is 0.383 e. The Morgan fingerprint density at radius 2 is 1.96 bits per heavy atom. The standard InChI is InChI=1S/C18H26N4O/c1-23-13-12-22-16-19-14-18(22)15-20-8-5-9-21(11-10-20)17-6-3-2-4-7-17/h2-4,6-7,14,16H,5,8-13,15H2,1H3. The Labute approximate surface area is 138 Å². The van der Waals surface area contributed by atoms with Crippen LogP contribution in [0, 0.1) is 0 Å². The fraction of sp³-hybridized carbons (Fsp3) is 0.500. The lowest BCUT2D eigenvalue weighted by molar-refractivity contribution is 0.184. The predicted octanol–water partition coefficient (Wildman–Crippen LogP) is 2.24. The molecule has 0 atom stereocenters. The second-order valence-corrected chi connectivity index (χ2v) is 6.02. The van der Waals surface area contributed by atoms with Gasteiger partial charge in [0.05, 0.1) is 18.6 Å². The molecular weight excluding hydrogens is 288 g/mol. The molecule has 0 unspecified atom stereocenters. The van der Waals surface area contributed by atoms with E-state index in [0.717, 1.165) is 45.9 Å². The van der Waals surface area contributed by atoms with Crippen LogP contribution in [0.3, 0.4) is 0 Å². The van der Waals surface area contributed by atoms with E-state index in [1.54, 1.807) is 7.11 Å². The summed E-state index contributed by atoms with van der Waals surface area (Å²) in [7, 11) is 1.74. The zero-order valence-corrected chi connectivity index (χ0v) is 13.9. The van der Waals surface area contributed by atoms with Gasteiger partial charge in [-0.05, 0) is 18.6 Å². The van der Waals surface area contributed by atoms with E-state index in [-0.39, 0.29) is 0 Å². The predicted molar refractivity (Wildman–Crippen MR) is 92.7 cm³/mol. The Balaban J connectivity index is 1.57. The van der Waals surface area contributed by atoms with Gasteiger partial charge >= 0.3 is 0 Å². The smallest absolute Gasteiger partial charge is 0.0949 e. The van der Waals surface area contributed by atoms with Crippen LogP contribution in [0.5, 0.6) is 0 Å². The molecule has 1 aliphatic rings. The molecule has 1 fully saturated rings. The maximum atomic E-state index is 5.17. The van der Waals surface area contributed by atoms with Gasteiger partial charge in [0, 0.05) is 58.3 Å². The highest BCUT2D eigenvalue weighted by atomic mass is 16.5. The highest BCUT2D eigenvalue weighted by Gasteiger charge is 2.16. The molecule has 0 saturated carbocycles. The van der Waals surface area contributed by atoms with Crippen molar-refractivity contribution in [3.8, 4) is 0 Å². The van der Waals surface area contributed by atoms with Crippen molar-refractivity contribution < 1.29 is 4.74 Å². The van der Waals surface area contributed by atoms with Gasteiger partial charge in [-0.3, -0.25) is 4.90 Å². The normalized spacial score (nSPS) is 16.5. The van der Waals surface area contributed by atoms with E-state index in [1.165, 1.54) is 17.8 Å². The van der Waals surface area contributed by atoms with Crippen molar-refractivity contribution in [1.82, 2.24) is 14.5 Å². The number of hydrogen-bond donors (Lipinski definition) is 0. The van der Waals surface area contributed by atoms with E-state index in [1.807, 2.05) is 12.5 Å². The van der Waals surface area contributed by atoms with Gasteiger partial charge in [0.2, 0.25) is 0 Å². The van der Waals surface area contributed by atoms with E-state index in [2.05, 4.69) is 49.7 Å². The van der Waals surface area contributed by atoms with Crippen LogP contribution in [0.4, 0.5) is 5.69 Å². The van der Waals surface area contributed by atoms with Crippen LogP contribution < -0.4 is 4.90 Å². The monoisotopic (exact) mass is 314 g/mol. The molecule has 0 spiro atoms. The van der Waals surface area contributed by atoms with E-state index in [9.17, 15) is 0 Å². The molecule has 0 aliphatic carbocycles. The zero-order valence-electron chi connectivity index (χ0n) is 13.9. The molecule has 1 saturated heterocycles. The van der Waals surface area contributed by atoms with Crippen LogP contribution in [0.25, 0.3) is 0 Å². The number of para-hydroxylation sites is 1. The summed E-state index contributed by atoms with van der Waals surface area (Å²) < 4.78 is 7.37. The van der Waals surface area contributed by atoms with Gasteiger partial charge in [0.25, 0.3) is 0 Å². The first kappa shape index (κ1) is 16.0. The second kappa shape index (κ2) is 8.13. The molecule has 0 bridgehead atoms. The first-order valence-corrected chi connectivity index (χ1v) is 8.37. The van der Waals surface area contributed by atoms with Gasteiger partial charge < -0.3 is 14.2 Å². The summed E-state index contributed by atoms with van der Waals surface area (Å²) in [6, 6.07) is 10.7. The second-order valence-electron chi connectivity index (χ2n) is 6.02. The average Bonchev–Trinajstić information content (AvgIpc) is 2.89. The molecule has 0 radical (unpaired) electrons. The molecule has 1 aromatic carbocycles. The maximum absolute atomic E-state index is 5.17. The van der Waals surface area contributed by atoms with Gasteiger partial charge in [-0.2, -0.15) is 0 Å². The Hall–Kier alpha value is -1.85. The number of aromatic nitrogens is 2. The third-order valence-electron chi connectivity index (χ3n) is 4.43. The van der Waals surface area contributed by atoms with Crippen LogP contribution in [0.1, 0.15) is 12.1 Å². The molecular formula is C18H26N4O. The van der Waals surface area contributed by atoms with E-state index in [4.69, 9.17) is 4.74 Å². The molecule has 0 N–H and O–H groups in total. The molecule has 1 aromatic heterocycles. The first-order chi connectivity index (χ1) is 11.4. The van der Waals surface area contributed by atoms with Crippen molar-refractivity contribution in [2.24, 2.45) is 0 Å². The van der Waals surface area contributed by atoms with E-state index in [0.29, 0.717) is 0 Å². The Morgan fingerprint density at radius 1 is 1.09 bits per heavy atom. The lowest BCUT2D eigenvalue weighted by Gasteiger charge is -2.23. The Kier molecular flexibility index (Phi) is 5.66. The molecule has 5 heteroatoms. The average molecular weight is 314 g/mol. The lowest BCUT2D eigenvalue weighted by Crippen LogP contribution is -2.31. The maximum Gasteiger partial charge on any atom is 0.0949 e. The minimum atomic E-state index is 0.727. The highest BCUT2D eigenvalue weighted by molar-refractivity contribution is 5.46. The molecule has 2 heterocycles. The van der Waals surface area contributed by atoms with Gasteiger partial charge in [-0.25, -0.2) is 4.98 Å². The van der Waals surface area contributed by atoms with Crippen molar-refractivity contribution in [3.05, 3.63) is 48.5 Å². The molecule has 23 heavy (non-hydrogen) atoms. The van der Waals surface area contributed by atoms with Gasteiger partial charge in [0.1, 0.15) is 0 Å². The topological polar surface area (TPSA) is 33.5 Å². The fourth-order valence-corrected chi connectivity index (χ4v) is 3.13. The van der Waals surface area contributed by atoms with E-state index < -0.39 is 0 Å². The summed E-state index contributed by atoms with van der Waals surface area (Å²) >= 11 is 0. The minimum Gasteiger partial charge on any atom is -0.383 e. The van der Waals surface area contributed by atoms with Crippen LogP contribution in [0.2, 0.25) is 0 Å². The SMILES string of the molecule is COCCn1cncc1CN1CCCN(c2ccccc2)CC1. The summed E-state index contributed by atoms with van der Waals surface area (Å²) in [4.78, 5) is 9.32. The fourth-order valence-electron chi connectivity index (χ4n) is 3.13. The minimum absolute atomic E-state index is 0.727. The number of methoxy groups -OCH3 is 1.